The van der Waals surface area contributed by atoms with Crippen molar-refractivity contribution in [2.24, 2.45) is 0 Å². The molecule has 2 aromatic carbocycles. The van der Waals surface area contributed by atoms with Gasteiger partial charge in [-0.25, -0.2) is 0 Å². The zero-order valence-corrected chi connectivity index (χ0v) is 9.60. The van der Waals surface area contributed by atoms with Gasteiger partial charge in [-0.05, 0) is 36.8 Å². The summed E-state index contributed by atoms with van der Waals surface area (Å²) < 4.78 is 0. The molecule has 0 aliphatic rings. The quantitative estimate of drug-likeness (QED) is 0.851. The molecule has 0 aromatic heterocycles. The Balaban J connectivity index is 2.05. The van der Waals surface area contributed by atoms with E-state index in [0.29, 0.717) is 5.56 Å². The van der Waals surface area contributed by atoms with Crippen LogP contribution < -0.4 is 5.32 Å². The average Bonchev–Trinajstić information content (AvgIpc) is 2.40. The highest BCUT2D eigenvalue weighted by Gasteiger charge is 2.10. The third-order valence-electron chi connectivity index (χ3n) is 2.57. The molecular weight excluding hydrogens is 210 g/mol. The minimum Gasteiger partial charge on any atom is -0.346 e. The van der Waals surface area contributed by atoms with Crippen molar-refractivity contribution >= 4 is 5.91 Å². The first-order valence-corrected chi connectivity index (χ1v) is 5.51. The van der Waals surface area contributed by atoms with Crippen LogP contribution in [0.5, 0.6) is 0 Å². The van der Waals surface area contributed by atoms with Gasteiger partial charge in [-0.3, -0.25) is 4.79 Å². The molecule has 2 aromatic rings. The normalized spacial score (nSPS) is 11.8. The van der Waals surface area contributed by atoms with Crippen molar-refractivity contribution < 1.29 is 4.79 Å². The Morgan fingerprint density at radius 3 is 2.59 bits per heavy atom. The lowest BCUT2D eigenvalue weighted by Gasteiger charge is -2.14. The van der Waals surface area contributed by atoms with Gasteiger partial charge in [0, 0.05) is 5.56 Å². The smallest absolute Gasteiger partial charge is 0.251 e. The molecule has 2 rings (SSSR count). The van der Waals surface area contributed by atoms with Gasteiger partial charge in [-0.1, -0.05) is 36.4 Å². The summed E-state index contributed by atoms with van der Waals surface area (Å²) >= 11 is 0. The molecule has 1 amide bonds. The van der Waals surface area contributed by atoms with Gasteiger partial charge in [0.15, 0.2) is 0 Å². The number of rotatable bonds is 3. The SMILES string of the molecule is CC(NC(=O)c1c[c][c]cc1)c1ccccc1. The summed E-state index contributed by atoms with van der Waals surface area (Å²) in [5.41, 5.74) is 1.69. The number of hydrogen-bond acceptors (Lipinski definition) is 1. The fourth-order valence-electron chi connectivity index (χ4n) is 1.59. The third-order valence-corrected chi connectivity index (χ3v) is 2.57. The maximum Gasteiger partial charge on any atom is 0.251 e. The zero-order chi connectivity index (χ0) is 12.1. The summed E-state index contributed by atoms with van der Waals surface area (Å²) in [6.07, 6.45) is 0. The van der Waals surface area contributed by atoms with E-state index in [1.807, 2.05) is 37.3 Å². The molecule has 1 atom stereocenters. The number of hydrogen-bond donors (Lipinski definition) is 1. The van der Waals surface area contributed by atoms with Gasteiger partial charge in [0.05, 0.1) is 6.04 Å². The van der Waals surface area contributed by atoms with Crippen molar-refractivity contribution in [3.8, 4) is 0 Å². The monoisotopic (exact) mass is 223 g/mol. The van der Waals surface area contributed by atoms with Crippen molar-refractivity contribution in [3.63, 3.8) is 0 Å². The standard InChI is InChI=1S/C15H13NO/c1-12(13-8-4-2-5-9-13)16-15(17)14-10-6-3-7-11-14/h2,4-6,8-12H,1H3,(H,16,17). The zero-order valence-electron chi connectivity index (χ0n) is 9.60. The van der Waals surface area contributed by atoms with Gasteiger partial charge >= 0.3 is 0 Å². The average molecular weight is 223 g/mol. The third kappa shape index (κ3) is 2.94. The van der Waals surface area contributed by atoms with Crippen molar-refractivity contribution in [2.75, 3.05) is 0 Å². The van der Waals surface area contributed by atoms with Crippen LogP contribution in [0.1, 0.15) is 28.9 Å². The lowest BCUT2D eigenvalue weighted by atomic mass is 10.1. The molecule has 0 saturated heterocycles. The van der Waals surface area contributed by atoms with Crippen LogP contribution in [-0.2, 0) is 0 Å². The topological polar surface area (TPSA) is 29.1 Å². The first kappa shape index (κ1) is 11.4. The van der Waals surface area contributed by atoms with Crippen molar-refractivity contribution in [1.29, 1.82) is 0 Å². The van der Waals surface area contributed by atoms with Gasteiger partial charge in [-0.2, -0.15) is 0 Å². The van der Waals surface area contributed by atoms with Crippen LogP contribution in [0.15, 0.2) is 48.5 Å². The Kier molecular flexibility index (Phi) is 3.55. The Morgan fingerprint density at radius 2 is 1.94 bits per heavy atom. The molecule has 17 heavy (non-hydrogen) atoms. The van der Waals surface area contributed by atoms with Crippen LogP contribution in [0, 0.1) is 12.1 Å². The molecule has 0 fully saturated rings. The summed E-state index contributed by atoms with van der Waals surface area (Å²) in [4.78, 5) is 11.9. The summed E-state index contributed by atoms with van der Waals surface area (Å²) in [5.74, 6) is -0.0911. The van der Waals surface area contributed by atoms with E-state index in [1.54, 1.807) is 18.2 Å². The summed E-state index contributed by atoms with van der Waals surface area (Å²) in [6, 6.07) is 20.4. The molecule has 2 nitrogen and oxygen atoms in total. The second-order valence-corrected chi connectivity index (χ2v) is 3.83. The lowest BCUT2D eigenvalue weighted by molar-refractivity contribution is 0.0940. The molecule has 1 unspecified atom stereocenters. The van der Waals surface area contributed by atoms with E-state index in [0.717, 1.165) is 5.56 Å². The summed E-state index contributed by atoms with van der Waals surface area (Å²) in [6.45, 7) is 1.96. The van der Waals surface area contributed by atoms with Gasteiger partial charge in [0.1, 0.15) is 0 Å². The fourth-order valence-corrected chi connectivity index (χ4v) is 1.59. The molecule has 0 saturated carbocycles. The van der Waals surface area contributed by atoms with E-state index in [2.05, 4.69) is 17.4 Å². The molecule has 0 spiro atoms. The van der Waals surface area contributed by atoms with E-state index < -0.39 is 0 Å². The van der Waals surface area contributed by atoms with E-state index in [9.17, 15) is 4.79 Å². The molecule has 0 heterocycles. The molecular formula is C15H13NO. The van der Waals surface area contributed by atoms with Crippen molar-refractivity contribution in [1.82, 2.24) is 5.32 Å². The predicted octanol–water partition coefficient (Wildman–Crippen LogP) is 2.78. The summed E-state index contributed by atoms with van der Waals surface area (Å²) in [5, 5.41) is 2.94. The predicted molar refractivity (Wildman–Crippen MR) is 66.4 cm³/mol. The molecule has 84 valence electrons. The molecule has 1 N–H and O–H groups in total. The van der Waals surface area contributed by atoms with Crippen LogP contribution in [-0.4, -0.2) is 5.91 Å². The van der Waals surface area contributed by atoms with Crippen LogP contribution in [0.25, 0.3) is 0 Å². The molecule has 2 radical (unpaired) electrons. The van der Waals surface area contributed by atoms with E-state index >= 15 is 0 Å². The minimum atomic E-state index is -0.0911. The number of carbonyl (C=O) groups is 1. The Labute approximate surface area is 101 Å². The van der Waals surface area contributed by atoms with E-state index in [4.69, 9.17) is 0 Å². The highest BCUT2D eigenvalue weighted by atomic mass is 16.1. The first-order chi connectivity index (χ1) is 8.27. The Hall–Kier alpha value is -2.09. The van der Waals surface area contributed by atoms with Gasteiger partial charge in [0.2, 0.25) is 0 Å². The number of benzene rings is 2. The van der Waals surface area contributed by atoms with Crippen LogP contribution in [0.3, 0.4) is 0 Å². The minimum absolute atomic E-state index is 0.00659. The highest BCUT2D eigenvalue weighted by Crippen LogP contribution is 2.12. The van der Waals surface area contributed by atoms with Crippen LogP contribution in [0.2, 0.25) is 0 Å². The summed E-state index contributed by atoms with van der Waals surface area (Å²) in [7, 11) is 0. The second kappa shape index (κ2) is 5.30. The van der Waals surface area contributed by atoms with Crippen molar-refractivity contribution in [2.45, 2.75) is 13.0 Å². The Bertz CT molecular complexity index is 479. The number of carbonyl (C=O) groups excluding carboxylic acids is 1. The van der Waals surface area contributed by atoms with Gasteiger partial charge in [0.25, 0.3) is 5.91 Å². The molecule has 0 bridgehead atoms. The first-order valence-electron chi connectivity index (χ1n) is 5.51. The Morgan fingerprint density at radius 1 is 1.18 bits per heavy atom. The maximum atomic E-state index is 11.9. The second-order valence-electron chi connectivity index (χ2n) is 3.83. The van der Waals surface area contributed by atoms with Crippen molar-refractivity contribution in [3.05, 3.63) is 71.8 Å². The molecule has 0 aliphatic carbocycles. The van der Waals surface area contributed by atoms with E-state index in [-0.39, 0.29) is 11.9 Å². The maximum absolute atomic E-state index is 11.9. The fraction of sp³-hybridized carbons (Fsp3) is 0.133. The molecule has 0 aliphatic heterocycles. The van der Waals surface area contributed by atoms with Gasteiger partial charge < -0.3 is 5.32 Å². The number of amides is 1. The van der Waals surface area contributed by atoms with Crippen LogP contribution in [0.4, 0.5) is 0 Å². The lowest BCUT2D eigenvalue weighted by Crippen LogP contribution is -2.26. The van der Waals surface area contributed by atoms with E-state index in [1.165, 1.54) is 0 Å². The number of nitrogens with one attached hydrogen (secondary N) is 1. The largest absolute Gasteiger partial charge is 0.346 e. The van der Waals surface area contributed by atoms with Gasteiger partial charge in [-0.15, -0.1) is 0 Å². The highest BCUT2D eigenvalue weighted by molar-refractivity contribution is 5.94. The van der Waals surface area contributed by atoms with Crippen LogP contribution >= 0.6 is 0 Å². The molecule has 2 heteroatoms.